The van der Waals surface area contributed by atoms with Crippen molar-refractivity contribution in [2.24, 2.45) is 34.5 Å². The van der Waals surface area contributed by atoms with Gasteiger partial charge in [-0.15, -0.1) is 0 Å². The molecule has 6 rings (SSSR count). The quantitative estimate of drug-likeness (QED) is 0.305. The van der Waals surface area contributed by atoms with Gasteiger partial charge in [-0.05, 0) is 99.7 Å². The van der Waals surface area contributed by atoms with Crippen molar-refractivity contribution >= 4 is 11.9 Å². The van der Waals surface area contributed by atoms with Crippen LogP contribution in [0.1, 0.15) is 111 Å². The van der Waals surface area contributed by atoms with Crippen LogP contribution in [0.5, 0.6) is 0 Å². The minimum Gasteiger partial charge on any atom is -1.00 e. The van der Waals surface area contributed by atoms with Crippen LogP contribution < -0.4 is 34.0 Å². The number of nitrogens with zero attached hydrogens (tertiary/aromatic N) is 2. The average Bonchev–Trinajstić information content (AvgIpc) is 3.21. The summed E-state index contributed by atoms with van der Waals surface area (Å²) in [7, 11) is 4.94. The fraction of sp³-hybridized carbons (Fsp3) is 0.943. The Morgan fingerprint density at radius 2 is 1.23 bits per heavy atom. The summed E-state index contributed by atoms with van der Waals surface area (Å²) in [5.41, 5.74) is 0.377. The third-order valence-electron chi connectivity index (χ3n) is 14.5. The van der Waals surface area contributed by atoms with Crippen LogP contribution in [0.2, 0.25) is 0 Å². The maximum atomic E-state index is 12.5. The molecule has 0 amide bonds. The van der Waals surface area contributed by atoms with Crippen molar-refractivity contribution in [3.63, 3.8) is 0 Å². The second-order valence-corrected chi connectivity index (χ2v) is 16.7. The molecule has 0 radical (unpaired) electrons. The van der Waals surface area contributed by atoms with Gasteiger partial charge in [-0.2, -0.15) is 0 Å². The molecule has 248 valence electrons. The number of likely N-dealkylation sites (N-methyl/N-ethyl adjacent to an activating group) is 2. The van der Waals surface area contributed by atoms with Crippen LogP contribution in [0.4, 0.5) is 0 Å². The van der Waals surface area contributed by atoms with Crippen LogP contribution in [-0.4, -0.2) is 85.5 Å². The fourth-order valence-electron chi connectivity index (χ4n) is 12.3. The maximum absolute atomic E-state index is 12.5. The summed E-state index contributed by atoms with van der Waals surface area (Å²) in [6.45, 7) is 13.3. The van der Waals surface area contributed by atoms with Gasteiger partial charge in [0, 0.05) is 32.1 Å². The lowest BCUT2D eigenvalue weighted by atomic mass is 9.44. The van der Waals surface area contributed by atoms with E-state index in [0.29, 0.717) is 35.3 Å². The van der Waals surface area contributed by atoms with Crippen LogP contribution in [0.3, 0.4) is 0 Å². The molecule has 2 aliphatic heterocycles. The second kappa shape index (κ2) is 13.1. The van der Waals surface area contributed by atoms with E-state index in [0.717, 1.165) is 21.3 Å². The largest absolute Gasteiger partial charge is 1.00 e. The van der Waals surface area contributed by atoms with E-state index in [-0.39, 0.29) is 63.5 Å². The number of rotatable bonds is 4. The van der Waals surface area contributed by atoms with Crippen molar-refractivity contribution < 1.29 is 62.0 Å². The molecule has 8 heteroatoms. The van der Waals surface area contributed by atoms with E-state index in [9.17, 15) is 9.59 Å². The average molecular weight is 733 g/mol. The summed E-state index contributed by atoms with van der Waals surface area (Å²) in [6.07, 6.45) is 16.4. The number of hydrogen-bond donors (Lipinski definition) is 0. The summed E-state index contributed by atoms with van der Waals surface area (Å²) < 4.78 is 14.7. The molecule has 6 fully saturated rings. The number of halogens is 2. The zero-order chi connectivity index (χ0) is 29.2. The number of piperidine rings is 2. The molecule has 10 atom stereocenters. The van der Waals surface area contributed by atoms with Gasteiger partial charge in [-0.3, -0.25) is 9.59 Å². The molecule has 6 nitrogen and oxygen atoms in total. The molecule has 43 heavy (non-hydrogen) atoms. The Hall–Kier alpha value is -0.180. The van der Waals surface area contributed by atoms with Crippen LogP contribution in [0.15, 0.2) is 0 Å². The molecule has 0 aromatic rings. The number of likely N-dealkylation sites (tertiary alicyclic amines) is 2. The first-order valence-electron chi connectivity index (χ1n) is 17.4. The first-order chi connectivity index (χ1) is 19.4. The van der Waals surface area contributed by atoms with Gasteiger partial charge in [-0.1, -0.05) is 13.8 Å². The number of fused-ring (bicyclic) bond motifs is 5. The molecule has 0 spiro atoms. The van der Waals surface area contributed by atoms with Crippen LogP contribution in [-0.2, 0) is 19.1 Å². The first-order valence-corrected chi connectivity index (χ1v) is 17.4. The lowest BCUT2D eigenvalue weighted by Crippen LogP contribution is -3.00. The Bertz CT molecular complexity index is 1010. The molecule has 2 heterocycles. The number of carbonyl (C=O) groups excluding carboxylic acids is 2. The van der Waals surface area contributed by atoms with E-state index in [1.165, 1.54) is 103 Å². The van der Waals surface area contributed by atoms with Crippen LogP contribution >= 0.6 is 0 Å². The van der Waals surface area contributed by atoms with Crippen LogP contribution in [0.25, 0.3) is 0 Å². The Labute approximate surface area is 283 Å². The molecule has 0 aromatic carbocycles. The summed E-state index contributed by atoms with van der Waals surface area (Å²) in [5.74, 6) is 2.52. The fourth-order valence-corrected chi connectivity index (χ4v) is 12.3. The Morgan fingerprint density at radius 1 is 0.674 bits per heavy atom. The lowest BCUT2D eigenvalue weighted by molar-refractivity contribution is -0.943. The van der Waals surface area contributed by atoms with E-state index in [4.69, 9.17) is 9.47 Å². The summed E-state index contributed by atoms with van der Waals surface area (Å²) in [5, 5.41) is 0. The molecule has 0 N–H and O–H groups in total. The predicted molar refractivity (Wildman–Crippen MR) is 161 cm³/mol. The highest BCUT2D eigenvalue weighted by Gasteiger charge is 2.68. The van der Waals surface area contributed by atoms with Crippen molar-refractivity contribution in [1.82, 2.24) is 0 Å². The van der Waals surface area contributed by atoms with Crippen molar-refractivity contribution in [3.8, 4) is 0 Å². The van der Waals surface area contributed by atoms with Gasteiger partial charge >= 0.3 is 11.9 Å². The predicted octanol–water partition coefficient (Wildman–Crippen LogP) is 0.119. The molecule has 4 aliphatic carbocycles. The summed E-state index contributed by atoms with van der Waals surface area (Å²) in [6, 6.07) is 0.846. The Balaban J connectivity index is 0.00000212. The highest BCUT2D eigenvalue weighted by molar-refractivity contribution is 5.66. The molecular weight excluding hydrogens is 672 g/mol. The van der Waals surface area contributed by atoms with E-state index in [1.807, 2.05) is 0 Å². The molecular formula is C35H60Br2N2O4. The summed E-state index contributed by atoms with van der Waals surface area (Å²) >= 11 is 0. The molecule has 0 unspecified atom stereocenters. The van der Waals surface area contributed by atoms with Crippen molar-refractivity contribution in [2.45, 2.75) is 135 Å². The zero-order valence-corrected chi connectivity index (χ0v) is 31.1. The monoisotopic (exact) mass is 730 g/mol. The molecule has 0 bridgehead atoms. The molecule has 2 saturated heterocycles. The minimum atomic E-state index is -0.0998. The zero-order valence-electron chi connectivity index (χ0n) is 27.9. The second-order valence-electron chi connectivity index (χ2n) is 16.7. The smallest absolute Gasteiger partial charge is 0.303 e. The number of hydrogen-bond acceptors (Lipinski definition) is 4. The summed E-state index contributed by atoms with van der Waals surface area (Å²) in [4.78, 5) is 24.8. The van der Waals surface area contributed by atoms with Gasteiger partial charge in [-0.25, -0.2) is 0 Å². The van der Waals surface area contributed by atoms with E-state index < -0.39 is 0 Å². The van der Waals surface area contributed by atoms with Gasteiger partial charge in [0.15, 0.2) is 12.2 Å². The van der Waals surface area contributed by atoms with E-state index in [1.54, 1.807) is 13.8 Å². The Morgan fingerprint density at radius 3 is 1.79 bits per heavy atom. The third-order valence-corrected chi connectivity index (χ3v) is 14.5. The molecule has 0 aromatic heterocycles. The maximum Gasteiger partial charge on any atom is 0.303 e. The number of carbonyl (C=O) groups is 2. The SMILES string of the molecule is CC(=O)O[C@H]1C[C@@H]2CC[C@@H]3[C@H](CC[C@@]4(C)[C@H]3C[C@H]([N+]3(C)CCCCC3)[C@@H]4OC(C)=O)[C@@]2(C)C[C@@H]1[N+]1(C)CCCCC1.[Br-].[Br-]. The highest BCUT2D eigenvalue weighted by atomic mass is 79.9. The van der Waals surface area contributed by atoms with Crippen molar-refractivity contribution in [2.75, 3.05) is 40.3 Å². The van der Waals surface area contributed by atoms with Gasteiger partial charge in [0.1, 0.15) is 12.1 Å². The minimum absolute atomic E-state index is 0. The van der Waals surface area contributed by atoms with Gasteiger partial charge < -0.3 is 52.4 Å². The third kappa shape index (κ3) is 6.15. The first kappa shape index (κ1) is 35.7. The van der Waals surface area contributed by atoms with E-state index >= 15 is 0 Å². The highest BCUT2D eigenvalue weighted by Crippen LogP contribution is 2.68. The molecule has 6 aliphatic rings. The lowest BCUT2D eigenvalue weighted by Gasteiger charge is -2.63. The van der Waals surface area contributed by atoms with Crippen molar-refractivity contribution in [1.29, 1.82) is 0 Å². The molecule has 4 saturated carbocycles. The van der Waals surface area contributed by atoms with Crippen molar-refractivity contribution in [3.05, 3.63) is 0 Å². The van der Waals surface area contributed by atoms with Gasteiger partial charge in [0.05, 0.1) is 40.3 Å². The van der Waals surface area contributed by atoms with Gasteiger partial charge in [0.25, 0.3) is 0 Å². The number of esters is 2. The van der Waals surface area contributed by atoms with Crippen LogP contribution in [0, 0.1) is 34.5 Å². The standard InChI is InChI=1S/C35H60N2O4.2BrH/c1-24(38)40-32-21-26-13-14-27-28(35(26,4)23-31(32)37(6)19-11-8-12-20-37)15-16-34(3)29(27)22-30(33(34)41-25(2)39)36(5)17-9-7-10-18-36;;/h26-33H,7-23H2,1-6H3;2*1H/q+2;;/p-2/t26-,27+,28-,29-,30-,31-,32-,33-,34-,35-;;/m0../s1. The van der Waals surface area contributed by atoms with Gasteiger partial charge in [0.2, 0.25) is 0 Å². The number of quaternary nitrogens is 2. The Kier molecular flexibility index (Phi) is 10.9. The topological polar surface area (TPSA) is 52.6 Å². The van der Waals surface area contributed by atoms with E-state index in [2.05, 4.69) is 27.9 Å². The normalized spacial score (nSPS) is 44.7. The number of ether oxygens (including phenoxy) is 2.